The summed E-state index contributed by atoms with van der Waals surface area (Å²) in [5.74, 6) is -1.12. The zero-order valence-corrected chi connectivity index (χ0v) is 12.3. The third-order valence-corrected chi connectivity index (χ3v) is 6.98. The van der Waals surface area contributed by atoms with Gasteiger partial charge in [-0.05, 0) is 24.7 Å². The van der Waals surface area contributed by atoms with Crippen molar-refractivity contribution in [1.82, 2.24) is 0 Å². The van der Waals surface area contributed by atoms with Gasteiger partial charge in [-0.15, -0.1) is 23.2 Å². The average molecular weight is 328 g/mol. The van der Waals surface area contributed by atoms with Gasteiger partial charge in [-0.1, -0.05) is 36.0 Å². The van der Waals surface area contributed by atoms with E-state index in [0.717, 1.165) is 25.7 Å². The molecule has 4 atom stereocenters. The number of halogens is 4. The van der Waals surface area contributed by atoms with Crippen LogP contribution < -0.4 is 0 Å². The van der Waals surface area contributed by atoms with Gasteiger partial charge in [0.25, 0.3) is 0 Å². The van der Waals surface area contributed by atoms with Crippen LogP contribution in [0.2, 0.25) is 0 Å². The van der Waals surface area contributed by atoms with Crippen LogP contribution in [0, 0.1) is 11.8 Å². The summed E-state index contributed by atoms with van der Waals surface area (Å²) in [6, 6.07) is 0. The number of ketones is 2. The average Bonchev–Trinajstić information content (AvgIpc) is 2.41. The molecule has 0 N–H and O–H groups in total. The highest BCUT2D eigenvalue weighted by atomic mass is 35.5. The molecule has 18 heavy (non-hydrogen) atoms. The minimum Gasteiger partial charge on any atom is -0.291 e. The van der Waals surface area contributed by atoms with Crippen LogP contribution in [0.4, 0.5) is 0 Å². The molecule has 0 unspecified atom stereocenters. The number of carbonyl (C=O) groups is 2. The maximum atomic E-state index is 12.3. The van der Waals surface area contributed by atoms with Gasteiger partial charge in [-0.25, -0.2) is 0 Å². The van der Waals surface area contributed by atoms with E-state index < -0.39 is 21.3 Å². The van der Waals surface area contributed by atoms with E-state index in [0.29, 0.717) is 0 Å². The first kappa shape index (κ1) is 13.2. The molecule has 0 aliphatic heterocycles. The Balaban J connectivity index is 2.17. The van der Waals surface area contributed by atoms with E-state index >= 15 is 0 Å². The number of allylic oxidation sites excluding steroid dienone is 2. The van der Waals surface area contributed by atoms with Gasteiger partial charge in [-0.2, -0.15) is 0 Å². The van der Waals surface area contributed by atoms with Crippen LogP contribution in [0.3, 0.4) is 0 Å². The van der Waals surface area contributed by atoms with Crippen molar-refractivity contribution in [3.63, 3.8) is 0 Å². The first-order chi connectivity index (χ1) is 8.36. The zero-order valence-electron chi connectivity index (χ0n) is 9.31. The molecule has 0 bridgehead atoms. The van der Waals surface area contributed by atoms with E-state index in [1.54, 1.807) is 0 Å². The Morgan fingerprint density at radius 3 is 1.50 bits per heavy atom. The second kappa shape index (κ2) is 3.88. The Morgan fingerprint density at radius 1 is 0.833 bits per heavy atom. The monoisotopic (exact) mass is 326 g/mol. The Morgan fingerprint density at radius 2 is 1.17 bits per heavy atom. The molecule has 3 rings (SSSR count). The lowest BCUT2D eigenvalue weighted by Crippen LogP contribution is -2.78. The predicted octanol–water partition coefficient (Wildman–Crippen LogP) is 3.60. The molecule has 0 aromatic rings. The molecule has 0 aromatic heterocycles. The third-order valence-electron chi connectivity index (χ3n) is 4.57. The summed E-state index contributed by atoms with van der Waals surface area (Å²) in [5, 5.41) is -0.533. The fourth-order valence-corrected chi connectivity index (χ4v) is 5.44. The van der Waals surface area contributed by atoms with E-state index in [1.165, 1.54) is 0 Å². The molecule has 0 amide bonds. The number of hydrogen-bond donors (Lipinski definition) is 0. The highest BCUT2D eigenvalue weighted by molar-refractivity contribution is 6.67. The van der Waals surface area contributed by atoms with Crippen LogP contribution in [-0.4, -0.2) is 21.3 Å². The molecule has 0 saturated heterocycles. The van der Waals surface area contributed by atoms with Crippen molar-refractivity contribution in [2.75, 3.05) is 0 Å². The molecule has 3 aliphatic rings. The summed E-state index contributed by atoms with van der Waals surface area (Å²) < 4.78 is 0. The second-order valence-electron chi connectivity index (χ2n) is 5.21. The lowest BCUT2D eigenvalue weighted by molar-refractivity contribution is -0.143. The Bertz CT molecular complexity index is 456. The molecular formula is C12H10Cl4O2. The van der Waals surface area contributed by atoms with Gasteiger partial charge < -0.3 is 0 Å². The summed E-state index contributed by atoms with van der Waals surface area (Å²) in [4.78, 5) is 21.8. The lowest BCUT2D eigenvalue weighted by atomic mass is 9.47. The molecule has 2 fully saturated rings. The standard InChI is InChI=1S/C12H10Cl4O2/c13-7-8(14)10(18)12(16)6-4-2-1-3-5(6)11(12,15)9(7)17/h5-6H,1-4H2/t5-,6-,11-,12+/m1/s1. The van der Waals surface area contributed by atoms with Crippen LogP contribution in [0.25, 0.3) is 0 Å². The van der Waals surface area contributed by atoms with E-state index in [4.69, 9.17) is 46.4 Å². The highest BCUT2D eigenvalue weighted by Gasteiger charge is 2.79. The molecule has 98 valence electrons. The van der Waals surface area contributed by atoms with Gasteiger partial charge in [-0.3, -0.25) is 9.59 Å². The van der Waals surface area contributed by atoms with Crippen LogP contribution in [0.1, 0.15) is 25.7 Å². The molecule has 6 heteroatoms. The van der Waals surface area contributed by atoms with Crippen molar-refractivity contribution < 1.29 is 9.59 Å². The van der Waals surface area contributed by atoms with Crippen molar-refractivity contribution in [3.05, 3.63) is 10.1 Å². The second-order valence-corrected chi connectivity index (χ2v) is 7.16. The van der Waals surface area contributed by atoms with Crippen molar-refractivity contribution >= 4 is 58.0 Å². The third kappa shape index (κ3) is 1.19. The molecule has 3 aliphatic carbocycles. The largest absolute Gasteiger partial charge is 0.291 e. The summed E-state index contributed by atoms with van der Waals surface area (Å²) in [7, 11) is 0. The highest BCUT2D eigenvalue weighted by Crippen LogP contribution is 2.68. The van der Waals surface area contributed by atoms with Crippen molar-refractivity contribution in [2.24, 2.45) is 11.8 Å². The minimum atomic E-state index is -1.40. The Kier molecular flexibility index (Phi) is 2.85. The summed E-state index contributed by atoms with van der Waals surface area (Å²) in [6.45, 7) is 0. The molecule has 2 saturated carbocycles. The number of alkyl halides is 2. The molecule has 0 heterocycles. The SMILES string of the molecule is O=C1C(Cl)=C(Cl)C(=O)[C@]2(Cl)[C@@H]3CCCC[C@H]3[C@]12Cl. The van der Waals surface area contributed by atoms with Gasteiger partial charge in [0, 0.05) is 0 Å². The van der Waals surface area contributed by atoms with E-state index in [2.05, 4.69) is 0 Å². The summed E-state index contributed by atoms with van der Waals surface area (Å²) in [5.41, 5.74) is 0. The molecule has 2 nitrogen and oxygen atoms in total. The minimum absolute atomic E-state index is 0.0691. The van der Waals surface area contributed by atoms with Crippen molar-refractivity contribution in [1.29, 1.82) is 0 Å². The zero-order chi connectivity index (χ0) is 13.3. The molecule has 0 spiro atoms. The smallest absolute Gasteiger partial charge is 0.199 e. The molecule has 0 radical (unpaired) electrons. The lowest BCUT2D eigenvalue weighted by Gasteiger charge is -2.64. The normalized spacial score (nSPS) is 47.6. The van der Waals surface area contributed by atoms with Crippen LogP contribution in [-0.2, 0) is 9.59 Å². The number of fused-ring (bicyclic) bond motifs is 4. The first-order valence-corrected chi connectivity index (χ1v) is 7.40. The van der Waals surface area contributed by atoms with Crippen LogP contribution >= 0.6 is 46.4 Å². The quantitative estimate of drug-likeness (QED) is 0.637. The fourth-order valence-electron chi connectivity index (χ4n) is 3.71. The Labute approximate surface area is 125 Å². The van der Waals surface area contributed by atoms with Gasteiger partial charge in [0.2, 0.25) is 0 Å². The van der Waals surface area contributed by atoms with E-state index in [1.807, 2.05) is 0 Å². The summed E-state index contributed by atoms with van der Waals surface area (Å²) >= 11 is 24.5. The number of carbonyl (C=O) groups excluding carboxylic acids is 2. The topological polar surface area (TPSA) is 34.1 Å². The van der Waals surface area contributed by atoms with Gasteiger partial charge >= 0.3 is 0 Å². The molecular weight excluding hydrogens is 318 g/mol. The van der Waals surface area contributed by atoms with Gasteiger partial charge in [0.1, 0.15) is 19.8 Å². The van der Waals surface area contributed by atoms with Crippen LogP contribution in [0.5, 0.6) is 0 Å². The van der Waals surface area contributed by atoms with E-state index in [-0.39, 0.29) is 21.9 Å². The van der Waals surface area contributed by atoms with Gasteiger partial charge in [0.15, 0.2) is 11.6 Å². The maximum Gasteiger partial charge on any atom is 0.199 e. The van der Waals surface area contributed by atoms with Crippen LogP contribution in [0.15, 0.2) is 10.1 Å². The predicted molar refractivity (Wildman–Crippen MR) is 71.4 cm³/mol. The van der Waals surface area contributed by atoms with Gasteiger partial charge in [0.05, 0.1) is 0 Å². The van der Waals surface area contributed by atoms with E-state index in [9.17, 15) is 9.59 Å². The maximum absolute atomic E-state index is 12.3. The first-order valence-electron chi connectivity index (χ1n) is 5.89. The Hall–Kier alpha value is 0.240. The number of Topliss-reactive ketones (excluding diaryl/α,β-unsaturated/α-hetero) is 2. The number of hydrogen-bond acceptors (Lipinski definition) is 2. The van der Waals surface area contributed by atoms with Crippen molar-refractivity contribution in [2.45, 2.75) is 35.4 Å². The number of rotatable bonds is 0. The fraction of sp³-hybridized carbons (Fsp3) is 0.667. The van der Waals surface area contributed by atoms with Crippen molar-refractivity contribution in [3.8, 4) is 0 Å². The summed E-state index contributed by atoms with van der Waals surface area (Å²) in [6.07, 6.45) is 3.62. The molecule has 0 aromatic carbocycles.